The molecule has 0 saturated carbocycles. The number of anilines is 1. The first-order valence-corrected chi connectivity index (χ1v) is 6.09. The van der Waals surface area contributed by atoms with Gasteiger partial charge in [-0.2, -0.15) is 0 Å². The van der Waals surface area contributed by atoms with Crippen LogP contribution in [0.25, 0.3) is 22.5 Å². The van der Waals surface area contributed by atoms with Crippen molar-refractivity contribution in [2.45, 2.75) is 6.92 Å². The van der Waals surface area contributed by atoms with Gasteiger partial charge in [0, 0.05) is 18.0 Å². The number of rotatable bonds is 2. The maximum absolute atomic E-state index is 13.7. The third-order valence-corrected chi connectivity index (χ3v) is 3.12. The summed E-state index contributed by atoms with van der Waals surface area (Å²) in [6.45, 7) is 1.71. The van der Waals surface area contributed by atoms with Gasteiger partial charge in [-0.1, -0.05) is 17.3 Å². The van der Waals surface area contributed by atoms with Crippen molar-refractivity contribution >= 4 is 5.82 Å². The van der Waals surface area contributed by atoms with Gasteiger partial charge in [-0.15, -0.1) is 0 Å². The van der Waals surface area contributed by atoms with Crippen molar-refractivity contribution in [3.8, 4) is 22.5 Å². The summed E-state index contributed by atoms with van der Waals surface area (Å²) in [5.41, 5.74) is 8.51. The zero-order valence-electron chi connectivity index (χ0n) is 10.8. The molecule has 0 saturated heterocycles. The lowest BCUT2D eigenvalue weighted by Gasteiger charge is -2.03. The Morgan fingerprint density at radius 1 is 1.10 bits per heavy atom. The topological polar surface area (TPSA) is 64.9 Å². The summed E-state index contributed by atoms with van der Waals surface area (Å²) >= 11 is 0. The molecule has 3 aromatic rings. The van der Waals surface area contributed by atoms with Crippen LogP contribution in [0.3, 0.4) is 0 Å². The molecule has 0 atom stereocenters. The predicted octanol–water partition coefficient (Wildman–Crippen LogP) is 3.43. The molecule has 0 aliphatic rings. The minimum Gasteiger partial charge on any atom is -0.380 e. The Kier molecular flexibility index (Phi) is 2.95. The summed E-state index contributed by atoms with van der Waals surface area (Å²) in [4.78, 5) is 3.96. The molecule has 4 nitrogen and oxygen atoms in total. The molecule has 0 spiro atoms. The van der Waals surface area contributed by atoms with Crippen LogP contribution in [0.5, 0.6) is 0 Å². The fourth-order valence-electron chi connectivity index (χ4n) is 2.03. The van der Waals surface area contributed by atoms with Crippen LogP contribution in [0.2, 0.25) is 0 Å². The van der Waals surface area contributed by atoms with E-state index in [4.69, 9.17) is 10.3 Å². The van der Waals surface area contributed by atoms with Crippen molar-refractivity contribution in [3.63, 3.8) is 0 Å². The van der Waals surface area contributed by atoms with E-state index in [-0.39, 0.29) is 11.6 Å². The largest absolute Gasteiger partial charge is 0.380 e. The summed E-state index contributed by atoms with van der Waals surface area (Å²) in [7, 11) is 0. The highest BCUT2D eigenvalue weighted by molar-refractivity contribution is 5.86. The third kappa shape index (κ3) is 2.03. The number of pyridine rings is 1. The van der Waals surface area contributed by atoms with Gasteiger partial charge in [0.15, 0.2) is 11.6 Å². The molecule has 0 amide bonds. The molecule has 0 aliphatic carbocycles. The number of nitrogen functional groups attached to an aromatic ring is 1. The van der Waals surface area contributed by atoms with Gasteiger partial charge >= 0.3 is 0 Å². The number of benzene rings is 1. The molecule has 2 heterocycles. The lowest BCUT2D eigenvalue weighted by atomic mass is 10.0. The molecule has 0 bridgehead atoms. The van der Waals surface area contributed by atoms with Crippen LogP contribution in [0.15, 0.2) is 47.2 Å². The molecule has 3 rings (SSSR count). The highest BCUT2D eigenvalue weighted by atomic mass is 19.1. The average molecular weight is 269 g/mol. The summed E-state index contributed by atoms with van der Waals surface area (Å²) in [6, 6.07) is 8.50. The van der Waals surface area contributed by atoms with E-state index in [0.717, 1.165) is 5.56 Å². The fraction of sp³-hybridized carbons (Fsp3) is 0.0667. The van der Waals surface area contributed by atoms with Crippen molar-refractivity contribution < 1.29 is 8.91 Å². The van der Waals surface area contributed by atoms with Gasteiger partial charge < -0.3 is 10.3 Å². The smallest absolute Gasteiger partial charge is 0.177 e. The van der Waals surface area contributed by atoms with Crippen LogP contribution in [0.1, 0.15) is 5.56 Å². The lowest BCUT2D eigenvalue weighted by Crippen LogP contribution is -1.90. The summed E-state index contributed by atoms with van der Waals surface area (Å²) in [6.07, 6.45) is 3.31. The van der Waals surface area contributed by atoms with Crippen molar-refractivity contribution in [2.24, 2.45) is 0 Å². The molecule has 100 valence electrons. The van der Waals surface area contributed by atoms with Crippen LogP contribution in [0.4, 0.5) is 10.2 Å². The van der Waals surface area contributed by atoms with Gasteiger partial charge in [0.1, 0.15) is 5.82 Å². The molecule has 0 fully saturated rings. The second-order valence-corrected chi connectivity index (χ2v) is 4.47. The standard InChI is InChI=1S/C15H12FN3O/c1-9-2-3-11(8-12(9)16)14-13(15(17)19-20-14)10-4-6-18-7-5-10/h2-8H,1H3,(H2,17,19). The number of nitrogens with zero attached hydrogens (tertiary/aromatic N) is 2. The van der Waals surface area contributed by atoms with Crippen LogP contribution in [0, 0.1) is 12.7 Å². The Morgan fingerprint density at radius 3 is 2.55 bits per heavy atom. The molecule has 20 heavy (non-hydrogen) atoms. The summed E-state index contributed by atoms with van der Waals surface area (Å²) < 4.78 is 19.0. The second kappa shape index (κ2) is 4.77. The van der Waals surface area contributed by atoms with E-state index in [1.807, 2.05) is 0 Å². The van der Waals surface area contributed by atoms with Crippen LogP contribution in [-0.2, 0) is 0 Å². The monoisotopic (exact) mass is 269 g/mol. The van der Waals surface area contributed by atoms with E-state index in [0.29, 0.717) is 22.5 Å². The molecule has 2 aromatic heterocycles. The van der Waals surface area contributed by atoms with Gasteiger partial charge in [-0.05, 0) is 36.2 Å². The summed E-state index contributed by atoms with van der Waals surface area (Å²) in [5, 5.41) is 3.78. The van der Waals surface area contributed by atoms with Crippen molar-refractivity contribution in [1.82, 2.24) is 10.1 Å². The van der Waals surface area contributed by atoms with Gasteiger partial charge in [0.05, 0.1) is 5.56 Å². The van der Waals surface area contributed by atoms with Crippen molar-refractivity contribution in [2.75, 3.05) is 5.73 Å². The van der Waals surface area contributed by atoms with Crippen LogP contribution >= 0.6 is 0 Å². The Bertz CT molecular complexity index is 753. The number of nitrogens with two attached hydrogens (primary N) is 1. The number of aryl methyl sites for hydroxylation is 1. The molecule has 1 aromatic carbocycles. The quantitative estimate of drug-likeness (QED) is 0.774. The lowest BCUT2D eigenvalue weighted by molar-refractivity contribution is 0.436. The van der Waals surface area contributed by atoms with Crippen LogP contribution < -0.4 is 5.73 Å². The minimum absolute atomic E-state index is 0.271. The van der Waals surface area contributed by atoms with Gasteiger partial charge in [0.25, 0.3) is 0 Å². The molecule has 0 unspecified atom stereocenters. The van der Waals surface area contributed by atoms with E-state index in [1.165, 1.54) is 6.07 Å². The number of aromatic nitrogens is 2. The first-order chi connectivity index (χ1) is 9.66. The Balaban J connectivity index is 2.18. The van der Waals surface area contributed by atoms with Gasteiger partial charge in [-0.3, -0.25) is 4.98 Å². The first-order valence-electron chi connectivity index (χ1n) is 6.09. The fourth-order valence-corrected chi connectivity index (χ4v) is 2.03. The van der Waals surface area contributed by atoms with Gasteiger partial charge in [-0.25, -0.2) is 4.39 Å². The zero-order valence-corrected chi connectivity index (χ0v) is 10.8. The Hall–Kier alpha value is -2.69. The van der Waals surface area contributed by atoms with Crippen LogP contribution in [-0.4, -0.2) is 10.1 Å². The average Bonchev–Trinajstić information content (AvgIpc) is 2.85. The number of halogens is 1. The minimum atomic E-state index is -0.293. The van der Waals surface area contributed by atoms with Crippen molar-refractivity contribution in [1.29, 1.82) is 0 Å². The number of hydrogen-bond donors (Lipinski definition) is 1. The number of hydrogen-bond acceptors (Lipinski definition) is 4. The highest BCUT2D eigenvalue weighted by Crippen LogP contribution is 2.36. The Labute approximate surface area is 115 Å². The summed E-state index contributed by atoms with van der Waals surface area (Å²) in [5.74, 6) is 0.429. The zero-order chi connectivity index (χ0) is 14.1. The van der Waals surface area contributed by atoms with Crippen molar-refractivity contribution in [3.05, 3.63) is 54.1 Å². The highest BCUT2D eigenvalue weighted by Gasteiger charge is 2.18. The molecule has 0 aliphatic heterocycles. The van der Waals surface area contributed by atoms with E-state index in [2.05, 4.69) is 10.1 Å². The molecule has 5 heteroatoms. The van der Waals surface area contributed by atoms with E-state index >= 15 is 0 Å². The molecule has 2 N–H and O–H groups in total. The predicted molar refractivity (Wildman–Crippen MR) is 74.3 cm³/mol. The first kappa shape index (κ1) is 12.3. The molecular formula is C15H12FN3O. The maximum atomic E-state index is 13.7. The van der Waals surface area contributed by atoms with Gasteiger partial charge in [0.2, 0.25) is 0 Å². The van der Waals surface area contributed by atoms with E-state index in [1.54, 1.807) is 43.6 Å². The second-order valence-electron chi connectivity index (χ2n) is 4.47. The SMILES string of the molecule is Cc1ccc(-c2onc(N)c2-c2ccncc2)cc1F. The third-order valence-electron chi connectivity index (χ3n) is 3.12. The molecular weight excluding hydrogens is 257 g/mol. The Morgan fingerprint density at radius 2 is 1.85 bits per heavy atom. The van der Waals surface area contributed by atoms with E-state index < -0.39 is 0 Å². The maximum Gasteiger partial charge on any atom is 0.177 e. The van der Waals surface area contributed by atoms with E-state index in [9.17, 15) is 4.39 Å². The normalized spacial score (nSPS) is 10.7. The molecule has 0 radical (unpaired) electrons.